The highest BCUT2D eigenvalue weighted by atomic mass is 32.2. The Morgan fingerprint density at radius 2 is 1.92 bits per heavy atom. The number of hydrogen-bond acceptors (Lipinski definition) is 12. The summed E-state index contributed by atoms with van der Waals surface area (Å²) < 4.78 is 10.8. The Kier molecular flexibility index (Phi) is 13.4. The predicted octanol–water partition coefficient (Wildman–Crippen LogP) is 0.379. The Morgan fingerprint density at radius 3 is 2.59 bits per heavy atom. The summed E-state index contributed by atoms with van der Waals surface area (Å²) in [6.07, 6.45) is 4.21. The quantitative estimate of drug-likeness (QED) is 0.110. The number of phenols is 2. The fourth-order valence-electron chi connectivity index (χ4n) is 3.70. The number of rotatable bonds is 10. The molecule has 0 fully saturated rings. The van der Waals surface area contributed by atoms with Crippen molar-refractivity contribution in [2.24, 2.45) is 0 Å². The SMILES string of the molecule is C[C@@H]1C/C=C/[C@@H](NC(=O)CS[C@H](CO)OC(CO)[C@H](O)CO)C/C=C/C(=N)Cc2cc(O)cc(O)c2C(=O)O1. The van der Waals surface area contributed by atoms with Crippen LogP contribution >= 0.6 is 11.8 Å². The third-order valence-electron chi connectivity index (χ3n) is 5.64. The molecule has 0 spiro atoms. The molecule has 0 aromatic heterocycles. The number of amides is 1. The first-order valence-electron chi connectivity index (χ1n) is 12.3. The van der Waals surface area contributed by atoms with Gasteiger partial charge in [0.15, 0.2) is 0 Å². The van der Waals surface area contributed by atoms with Crippen molar-refractivity contribution >= 4 is 29.4 Å². The highest BCUT2D eigenvalue weighted by Crippen LogP contribution is 2.29. The molecular formula is C26H36N2O10S. The van der Waals surface area contributed by atoms with Crippen molar-refractivity contribution in [3.05, 3.63) is 47.6 Å². The summed E-state index contributed by atoms with van der Waals surface area (Å²) in [6.45, 7) is -0.0422. The van der Waals surface area contributed by atoms with E-state index in [-0.39, 0.29) is 40.7 Å². The van der Waals surface area contributed by atoms with Crippen LogP contribution in [0.3, 0.4) is 0 Å². The lowest BCUT2D eigenvalue weighted by Gasteiger charge is -2.24. The van der Waals surface area contributed by atoms with Crippen molar-refractivity contribution in [2.45, 2.75) is 56.0 Å². The van der Waals surface area contributed by atoms with Gasteiger partial charge in [0.1, 0.15) is 40.8 Å². The monoisotopic (exact) mass is 568 g/mol. The number of fused-ring (bicyclic) bond motifs is 1. The third kappa shape index (κ3) is 10.6. The van der Waals surface area contributed by atoms with Gasteiger partial charge in [0, 0.05) is 24.6 Å². The Balaban J connectivity index is 2.08. The summed E-state index contributed by atoms with van der Waals surface area (Å²) in [5.74, 6) is -1.97. The zero-order valence-corrected chi connectivity index (χ0v) is 22.3. The number of benzene rings is 1. The van der Waals surface area contributed by atoms with Gasteiger partial charge in [-0.25, -0.2) is 4.79 Å². The lowest BCUT2D eigenvalue weighted by atomic mass is 9.99. The molecule has 1 unspecified atom stereocenters. The summed E-state index contributed by atoms with van der Waals surface area (Å²) in [7, 11) is 0. The van der Waals surface area contributed by atoms with Crippen molar-refractivity contribution in [1.82, 2.24) is 5.32 Å². The molecule has 39 heavy (non-hydrogen) atoms. The van der Waals surface area contributed by atoms with E-state index in [1.54, 1.807) is 25.2 Å². The Bertz CT molecular complexity index is 1050. The van der Waals surface area contributed by atoms with Crippen LogP contribution in [-0.2, 0) is 20.7 Å². The van der Waals surface area contributed by atoms with Crippen LogP contribution in [0.1, 0.15) is 35.7 Å². The molecule has 216 valence electrons. The van der Waals surface area contributed by atoms with Crippen LogP contribution in [0.4, 0.5) is 0 Å². The Labute approximate surface area is 230 Å². The predicted molar refractivity (Wildman–Crippen MR) is 144 cm³/mol. The number of phenolic OH excluding ortho intramolecular Hbond substituents is 2. The van der Waals surface area contributed by atoms with Gasteiger partial charge in [-0.15, -0.1) is 11.8 Å². The summed E-state index contributed by atoms with van der Waals surface area (Å²) >= 11 is 0.952. The average Bonchev–Trinajstić information content (AvgIpc) is 2.87. The second-order valence-corrected chi connectivity index (χ2v) is 10.1. The van der Waals surface area contributed by atoms with Crippen LogP contribution in [-0.4, -0.2) is 104 Å². The molecule has 1 aliphatic heterocycles. The fraction of sp³-hybridized carbons (Fsp3) is 0.500. The smallest absolute Gasteiger partial charge is 0.342 e. The molecule has 12 nitrogen and oxygen atoms in total. The minimum absolute atomic E-state index is 0.0524. The number of cyclic esters (lactones) is 1. The molecule has 0 saturated heterocycles. The molecule has 2 rings (SSSR count). The molecule has 0 saturated carbocycles. The summed E-state index contributed by atoms with van der Waals surface area (Å²) in [5.41, 5.74) is -0.700. The minimum Gasteiger partial charge on any atom is -0.508 e. The normalized spacial score (nSPS) is 22.5. The number of thioether (sulfide) groups is 1. The molecule has 0 radical (unpaired) electrons. The van der Waals surface area contributed by atoms with Crippen molar-refractivity contribution in [3.63, 3.8) is 0 Å². The number of allylic oxidation sites excluding steroid dienone is 1. The number of aliphatic hydroxyl groups excluding tert-OH is 4. The van der Waals surface area contributed by atoms with Gasteiger partial charge in [-0.1, -0.05) is 18.2 Å². The average molecular weight is 569 g/mol. The Hall–Kier alpha value is -2.94. The van der Waals surface area contributed by atoms with E-state index in [4.69, 9.17) is 20.0 Å². The van der Waals surface area contributed by atoms with E-state index < -0.39 is 61.3 Å². The molecular weight excluding hydrogens is 532 g/mol. The zero-order valence-electron chi connectivity index (χ0n) is 21.5. The van der Waals surface area contributed by atoms with Crippen molar-refractivity contribution in [2.75, 3.05) is 25.6 Å². The van der Waals surface area contributed by atoms with E-state index in [1.165, 1.54) is 12.1 Å². The molecule has 1 aromatic carbocycles. The van der Waals surface area contributed by atoms with Gasteiger partial charge in [-0.05, 0) is 31.1 Å². The van der Waals surface area contributed by atoms with Gasteiger partial charge in [0.25, 0.3) is 0 Å². The number of carbonyl (C=O) groups excluding carboxylic acids is 2. The number of esters is 1. The van der Waals surface area contributed by atoms with Gasteiger partial charge >= 0.3 is 5.97 Å². The third-order valence-corrected chi connectivity index (χ3v) is 6.70. The number of aliphatic hydroxyl groups is 4. The first-order valence-corrected chi connectivity index (χ1v) is 13.4. The summed E-state index contributed by atoms with van der Waals surface area (Å²) in [4.78, 5) is 25.3. The second-order valence-electron chi connectivity index (χ2n) is 8.92. The molecule has 1 amide bonds. The molecule has 1 aliphatic rings. The number of hydrogen-bond donors (Lipinski definition) is 8. The standard InChI is InChI=1S/C26H36N2O10S/c1-15-4-2-6-18(28-23(35)14-39-24(13-31)38-22(12-30)21(34)11-29)7-3-5-17(27)8-16-9-19(32)10-20(33)25(16)26(36)37-15/h2-3,5-6,9-10,15,18,21-22,24,27,29-34H,4,7-8,11-14H2,1H3,(H,28,35)/b5-3+,6-2+,27-17?/t15-,18-,21-,22?,24-/m1/s1. The Morgan fingerprint density at radius 1 is 1.18 bits per heavy atom. The maximum Gasteiger partial charge on any atom is 0.342 e. The highest BCUT2D eigenvalue weighted by molar-refractivity contribution is 8.00. The van der Waals surface area contributed by atoms with Gasteiger partial charge in [-0.2, -0.15) is 0 Å². The van der Waals surface area contributed by atoms with Gasteiger partial charge in [0.05, 0.1) is 31.6 Å². The molecule has 1 heterocycles. The number of aromatic hydroxyl groups is 2. The van der Waals surface area contributed by atoms with Crippen LogP contribution in [0.2, 0.25) is 0 Å². The van der Waals surface area contributed by atoms with Crippen molar-refractivity contribution in [1.29, 1.82) is 5.41 Å². The second kappa shape index (κ2) is 16.2. The molecule has 13 heteroatoms. The van der Waals surface area contributed by atoms with E-state index >= 15 is 0 Å². The highest BCUT2D eigenvalue weighted by Gasteiger charge is 2.24. The molecule has 0 bridgehead atoms. The first kappa shape index (κ1) is 32.3. The minimum atomic E-state index is -1.34. The van der Waals surface area contributed by atoms with Gasteiger partial charge in [0.2, 0.25) is 5.91 Å². The number of carbonyl (C=O) groups is 2. The molecule has 5 atom stereocenters. The van der Waals surface area contributed by atoms with Crippen LogP contribution in [0.15, 0.2) is 36.4 Å². The van der Waals surface area contributed by atoms with Gasteiger partial charge in [-0.3, -0.25) is 4.79 Å². The van der Waals surface area contributed by atoms with E-state index in [0.717, 1.165) is 17.8 Å². The summed E-state index contributed by atoms with van der Waals surface area (Å²) in [6, 6.07) is 1.87. The largest absolute Gasteiger partial charge is 0.508 e. The van der Waals surface area contributed by atoms with Crippen molar-refractivity contribution < 1.29 is 49.7 Å². The van der Waals surface area contributed by atoms with E-state index in [9.17, 15) is 35.1 Å². The first-order chi connectivity index (χ1) is 18.6. The summed E-state index contributed by atoms with van der Waals surface area (Å²) in [5, 5.41) is 68.7. The molecule has 0 aliphatic carbocycles. The maximum absolute atomic E-state index is 12.7. The fourth-order valence-corrected chi connectivity index (χ4v) is 4.44. The topological polar surface area (TPSA) is 210 Å². The zero-order chi connectivity index (χ0) is 28.9. The van der Waals surface area contributed by atoms with E-state index in [2.05, 4.69) is 5.32 Å². The lowest BCUT2D eigenvalue weighted by molar-refractivity contribution is -0.119. The number of ether oxygens (including phenoxy) is 2. The number of nitrogens with one attached hydrogen (secondary N) is 2. The van der Waals surface area contributed by atoms with Gasteiger partial charge < -0.3 is 50.8 Å². The van der Waals surface area contributed by atoms with Crippen LogP contribution in [0, 0.1) is 5.41 Å². The molecule has 1 aromatic rings. The van der Waals surface area contributed by atoms with E-state index in [0.29, 0.717) is 12.8 Å². The lowest BCUT2D eigenvalue weighted by Crippen LogP contribution is -2.39. The van der Waals surface area contributed by atoms with Crippen LogP contribution in [0.5, 0.6) is 11.5 Å². The molecule has 8 N–H and O–H groups in total. The van der Waals surface area contributed by atoms with Crippen molar-refractivity contribution in [3.8, 4) is 11.5 Å². The van der Waals surface area contributed by atoms with Crippen LogP contribution in [0.25, 0.3) is 0 Å². The van der Waals surface area contributed by atoms with Crippen LogP contribution < -0.4 is 5.32 Å². The maximum atomic E-state index is 12.7. The van der Waals surface area contributed by atoms with E-state index in [1.807, 2.05) is 0 Å².